The summed E-state index contributed by atoms with van der Waals surface area (Å²) in [6, 6.07) is 7.34. The fraction of sp³-hybridized carbons (Fsp3) is 0.0909. The molecule has 16 heavy (non-hydrogen) atoms. The Morgan fingerprint density at radius 3 is 3.00 bits per heavy atom. The van der Waals surface area contributed by atoms with Gasteiger partial charge in [-0.1, -0.05) is 11.6 Å². The van der Waals surface area contributed by atoms with Crippen LogP contribution in [0.4, 0.5) is 0 Å². The SMILES string of the molecule is N#Cc1ccc(SCc2ncc[nH]2)c(Cl)c1. The number of hydrogen-bond acceptors (Lipinski definition) is 3. The summed E-state index contributed by atoms with van der Waals surface area (Å²) in [6.07, 6.45) is 3.51. The number of imidazole rings is 1. The molecule has 0 radical (unpaired) electrons. The molecular weight excluding hydrogens is 242 g/mol. The zero-order valence-electron chi connectivity index (χ0n) is 8.27. The third-order valence-electron chi connectivity index (χ3n) is 1.98. The molecule has 0 fully saturated rings. The van der Waals surface area contributed by atoms with E-state index >= 15 is 0 Å². The third-order valence-corrected chi connectivity index (χ3v) is 3.49. The second kappa shape index (κ2) is 5.06. The van der Waals surface area contributed by atoms with Crippen molar-refractivity contribution in [2.24, 2.45) is 0 Å². The Hall–Kier alpha value is -1.44. The van der Waals surface area contributed by atoms with Gasteiger partial charge in [-0.05, 0) is 18.2 Å². The fourth-order valence-corrected chi connectivity index (χ4v) is 2.37. The quantitative estimate of drug-likeness (QED) is 0.850. The summed E-state index contributed by atoms with van der Waals surface area (Å²) < 4.78 is 0. The first kappa shape index (κ1) is 11.1. The van der Waals surface area contributed by atoms with Crippen LogP contribution in [0.5, 0.6) is 0 Å². The number of nitriles is 1. The molecule has 0 aliphatic heterocycles. The number of aromatic amines is 1. The lowest BCUT2D eigenvalue weighted by molar-refractivity contribution is 1.12. The Morgan fingerprint density at radius 2 is 2.38 bits per heavy atom. The summed E-state index contributed by atoms with van der Waals surface area (Å²) in [6.45, 7) is 0. The Kier molecular flexibility index (Phi) is 3.50. The highest BCUT2D eigenvalue weighted by Gasteiger charge is 2.03. The van der Waals surface area contributed by atoms with Crippen molar-refractivity contribution in [1.82, 2.24) is 9.97 Å². The summed E-state index contributed by atoms with van der Waals surface area (Å²) >= 11 is 7.63. The fourth-order valence-electron chi connectivity index (χ4n) is 1.21. The summed E-state index contributed by atoms with van der Waals surface area (Å²) in [4.78, 5) is 8.10. The van der Waals surface area contributed by atoms with E-state index in [0.29, 0.717) is 10.6 Å². The van der Waals surface area contributed by atoms with E-state index in [1.165, 1.54) is 0 Å². The zero-order chi connectivity index (χ0) is 11.4. The van der Waals surface area contributed by atoms with Crippen molar-refractivity contribution in [3.63, 3.8) is 0 Å². The summed E-state index contributed by atoms with van der Waals surface area (Å²) in [5.41, 5.74) is 0.576. The minimum atomic E-state index is 0.576. The molecule has 3 nitrogen and oxygen atoms in total. The maximum atomic E-state index is 8.70. The molecule has 0 unspecified atom stereocenters. The van der Waals surface area contributed by atoms with Gasteiger partial charge >= 0.3 is 0 Å². The highest BCUT2D eigenvalue weighted by molar-refractivity contribution is 7.98. The van der Waals surface area contributed by atoms with Crippen LogP contribution >= 0.6 is 23.4 Å². The van der Waals surface area contributed by atoms with E-state index in [9.17, 15) is 0 Å². The Balaban J connectivity index is 2.08. The monoisotopic (exact) mass is 249 g/mol. The highest BCUT2D eigenvalue weighted by atomic mass is 35.5. The van der Waals surface area contributed by atoms with Gasteiger partial charge in [0.1, 0.15) is 5.82 Å². The smallest absolute Gasteiger partial charge is 0.116 e. The van der Waals surface area contributed by atoms with Gasteiger partial charge in [0.15, 0.2) is 0 Å². The zero-order valence-corrected chi connectivity index (χ0v) is 9.85. The molecule has 0 saturated carbocycles. The molecule has 1 aromatic heterocycles. The molecule has 1 aromatic carbocycles. The number of halogens is 1. The molecule has 0 spiro atoms. The molecule has 0 bridgehead atoms. The van der Waals surface area contributed by atoms with Crippen LogP contribution < -0.4 is 0 Å². The first-order chi connectivity index (χ1) is 7.79. The Morgan fingerprint density at radius 1 is 1.50 bits per heavy atom. The van der Waals surface area contributed by atoms with Crippen LogP contribution in [-0.2, 0) is 5.75 Å². The van der Waals surface area contributed by atoms with Gasteiger partial charge in [-0.3, -0.25) is 0 Å². The number of aromatic nitrogens is 2. The van der Waals surface area contributed by atoms with Crippen molar-refractivity contribution in [3.8, 4) is 6.07 Å². The predicted octanol–water partition coefficient (Wildman–Crippen LogP) is 3.23. The maximum Gasteiger partial charge on any atom is 0.116 e. The number of benzene rings is 1. The van der Waals surface area contributed by atoms with Gasteiger partial charge in [-0.25, -0.2) is 4.98 Å². The normalized spacial score (nSPS) is 10.0. The number of nitrogens with zero attached hydrogens (tertiary/aromatic N) is 2. The van der Waals surface area contributed by atoms with E-state index in [1.807, 2.05) is 6.07 Å². The van der Waals surface area contributed by atoms with Crippen LogP contribution in [0.2, 0.25) is 5.02 Å². The van der Waals surface area contributed by atoms with E-state index in [1.54, 1.807) is 36.3 Å². The maximum absolute atomic E-state index is 8.70. The van der Waals surface area contributed by atoms with E-state index in [0.717, 1.165) is 16.5 Å². The van der Waals surface area contributed by atoms with Crippen LogP contribution in [-0.4, -0.2) is 9.97 Å². The summed E-state index contributed by atoms with van der Waals surface area (Å²) in [5, 5.41) is 9.31. The van der Waals surface area contributed by atoms with Gasteiger partial charge < -0.3 is 4.98 Å². The molecule has 80 valence electrons. The van der Waals surface area contributed by atoms with E-state index in [2.05, 4.69) is 16.0 Å². The molecule has 0 aliphatic rings. The van der Waals surface area contributed by atoms with E-state index in [4.69, 9.17) is 16.9 Å². The van der Waals surface area contributed by atoms with Gasteiger partial charge in [0.2, 0.25) is 0 Å². The average molecular weight is 250 g/mol. The summed E-state index contributed by atoms with van der Waals surface area (Å²) in [5.74, 6) is 1.64. The molecule has 1 N–H and O–H groups in total. The number of H-pyrrole nitrogens is 1. The first-order valence-corrected chi connectivity index (χ1v) is 5.96. The van der Waals surface area contributed by atoms with Crippen LogP contribution in [0.3, 0.4) is 0 Å². The lowest BCUT2D eigenvalue weighted by atomic mass is 10.2. The van der Waals surface area contributed by atoms with Gasteiger partial charge in [-0.15, -0.1) is 11.8 Å². The van der Waals surface area contributed by atoms with Crippen LogP contribution in [0.1, 0.15) is 11.4 Å². The molecule has 5 heteroatoms. The van der Waals surface area contributed by atoms with Gasteiger partial charge in [0, 0.05) is 17.3 Å². The molecule has 0 amide bonds. The number of rotatable bonds is 3. The van der Waals surface area contributed by atoms with Crippen molar-refractivity contribution in [1.29, 1.82) is 5.26 Å². The lowest BCUT2D eigenvalue weighted by Crippen LogP contribution is -1.84. The van der Waals surface area contributed by atoms with Gasteiger partial charge in [0.05, 0.1) is 22.4 Å². The lowest BCUT2D eigenvalue weighted by Gasteiger charge is -2.02. The predicted molar refractivity (Wildman–Crippen MR) is 64.3 cm³/mol. The third kappa shape index (κ3) is 2.57. The van der Waals surface area contributed by atoms with Crippen molar-refractivity contribution in [2.75, 3.05) is 0 Å². The van der Waals surface area contributed by atoms with Crippen molar-refractivity contribution >= 4 is 23.4 Å². The number of thioether (sulfide) groups is 1. The minimum absolute atomic E-state index is 0.576. The van der Waals surface area contributed by atoms with E-state index in [-0.39, 0.29) is 0 Å². The number of nitrogens with one attached hydrogen (secondary N) is 1. The van der Waals surface area contributed by atoms with Crippen LogP contribution in [0.15, 0.2) is 35.5 Å². The molecule has 0 atom stereocenters. The van der Waals surface area contributed by atoms with Crippen molar-refractivity contribution < 1.29 is 0 Å². The van der Waals surface area contributed by atoms with Gasteiger partial charge in [0.25, 0.3) is 0 Å². The minimum Gasteiger partial charge on any atom is -0.348 e. The standard InChI is InChI=1S/C11H8ClN3S/c12-9-5-8(6-13)1-2-10(9)16-7-11-14-3-4-15-11/h1-5H,7H2,(H,14,15). The average Bonchev–Trinajstić information content (AvgIpc) is 2.80. The topological polar surface area (TPSA) is 52.5 Å². The largest absolute Gasteiger partial charge is 0.348 e. The Labute approximate surface area is 102 Å². The first-order valence-electron chi connectivity index (χ1n) is 4.60. The molecule has 2 aromatic rings. The Bertz CT molecular complexity index is 517. The van der Waals surface area contributed by atoms with Crippen molar-refractivity contribution in [3.05, 3.63) is 47.0 Å². The van der Waals surface area contributed by atoms with Crippen LogP contribution in [0.25, 0.3) is 0 Å². The summed E-state index contributed by atoms with van der Waals surface area (Å²) in [7, 11) is 0. The molecular formula is C11H8ClN3S. The van der Waals surface area contributed by atoms with E-state index < -0.39 is 0 Å². The highest BCUT2D eigenvalue weighted by Crippen LogP contribution is 2.29. The van der Waals surface area contributed by atoms with Crippen LogP contribution in [0, 0.1) is 11.3 Å². The second-order valence-corrected chi connectivity index (χ2v) is 4.51. The molecule has 2 rings (SSSR count). The van der Waals surface area contributed by atoms with Crippen molar-refractivity contribution in [2.45, 2.75) is 10.6 Å². The number of hydrogen-bond donors (Lipinski definition) is 1. The molecule has 1 heterocycles. The van der Waals surface area contributed by atoms with Gasteiger partial charge in [-0.2, -0.15) is 5.26 Å². The molecule has 0 aliphatic carbocycles. The molecule has 0 saturated heterocycles. The second-order valence-electron chi connectivity index (χ2n) is 3.08.